The number of anilines is 2. The summed E-state index contributed by atoms with van der Waals surface area (Å²) < 4.78 is 0. The molecule has 1 aliphatic rings. The van der Waals surface area contributed by atoms with Crippen LogP contribution in [-0.4, -0.2) is 58.4 Å². The van der Waals surface area contributed by atoms with Crippen LogP contribution in [-0.2, 0) is 20.9 Å². The predicted molar refractivity (Wildman–Crippen MR) is 137 cm³/mol. The molecule has 37 heavy (non-hydrogen) atoms. The predicted octanol–water partition coefficient (Wildman–Crippen LogP) is 2.41. The van der Waals surface area contributed by atoms with E-state index in [-0.39, 0.29) is 23.6 Å². The molecule has 11 nitrogen and oxygen atoms in total. The standard InChI is InChI=1S/C26H31N5O6/c1-15(2)23-24(35)30-20-10-9-18(29-26(37)27-13-17-7-5-4-6-8-17)12-19(20)25(36)31(23)14-21(32)28-16(3)11-22(33)34/h4-10,12,15-16,23H,11,13-14H2,1-3H3,(H,28,32)(H,30,35)(H,33,34)(H2,27,29,37)/t16-,23+/m1/s1. The Balaban J connectivity index is 1.79. The largest absolute Gasteiger partial charge is 0.481 e. The van der Waals surface area contributed by atoms with Crippen molar-refractivity contribution in [3.05, 3.63) is 59.7 Å². The Bertz CT molecular complexity index is 1180. The topological polar surface area (TPSA) is 157 Å². The number of carboxylic acid groups (broad SMARTS) is 1. The molecule has 11 heteroatoms. The minimum atomic E-state index is -1.07. The van der Waals surface area contributed by atoms with Gasteiger partial charge < -0.3 is 31.3 Å². The number of carbonyl (C=O) groups excluding carboxylic acids is 4. The molecule has 1 heterocycles. The number of nitrogens with one attached hydrogen (secondary N) is 4. The molecule has 0 aromatic heterocycles. The number of carbonyl (C=O) groups is 5. The maximum absolute atomic E-state index is 13.6. The van der Waals surface area contributed by atoms with Gasteiger partial charge >= 0.3 is 12.0 Å². The summed E-state index contributed by atoms with van der Waals surface area (Å²) in [4.78, 5) is 63.7. The molecule has 2 aromatic carbocycles. The van der Waals surface area contributed by atoms with E-state index in [0.29, 0.717) is 12.2 Å². The minimum absolute atomic E-state index is 0.115. The lowest BCUT2D eigenvalue weighted by atomic mass is 10.0. The van der Waals surface area contributed by atoms with E-state index in [1.165, 1.54) is 17.0 Å². The summed E-state index contributed by atoms with van der Waals surface area (Å²) in [7, 11) is 0. The number of rotatable bonds is 9. The Morgan fingerprint density at radius 2 is 1.76 bits per heavy atom. The fourth-order valence-electron chi connectivity index (χ4n) is 4.11. The second-order valence-electron chi connectivity index (χ2n) is 9.23. The Hall–Kier alpha value is -4.41. The summed E-state index contributed by atoms with van der Waals surface area (Å²) in [5.41, 5.74) is 1.62. The van der Waals surface area contributed by atoms with Crippen LogP contribution in [0.1, 0.15) is 43.1 Å². The summed E-state index contributed by atoms with van der Waals surface area (Å²) in [6, 6.07) is 11.8. The van der Waals surface area contributed by atoms with Gasteiger partial charge in [-0.2, -0.15) is 0 Å². The van der Waals surface area contributed by atoms with Crippen LogP contribution in [0.3, 0.4) is 0 Å². The van der Waals surface area contributed by atoms with Crippen LogP contribution < -0.4 is 21.3 Å². The zero-order chi connectivity index (χ0) is 27.1. The highest BCUT2D eigenvalue weighted by atomic mass is 16.4. The molecular weight excluding hydrogens is 478 g/mol. The lowest BCUT2D eigenvalue weighted by Gasteiger charge is -2.31. The average molecular weight is 510 g/mol. The van der Waals surface area contributed by atoms with Gasteiger partial charge in [-0.1, -0.05) is 44.2 Å². The van der Waals surface area contributed by atoms with Crippen molar-refractivity contribution < 1.29 is 29.1 Å². The van der Waals surface area contributed by atoms with Crippen LogP contribution in [0.2, 0.25) is 0 Å². The number of carboxylic acids is 1. The van der Waals surface area contributed by atoms with E-state index in [1.54, 1.807) is 26.8 Å². The Morgan fingerprint density at radius 1 is 1.05 bits per heavy atom. The van der Waals surface area contributed by atoms with Crippen LogP contribution >= 0.6 is 0 Å². The summed E-state index contributed by atoms with van der Waals surface area (Å²) in [6.45, 7) is 4.93. The monoisotopic (exact) mass is 509 g/mol. The van der Waals surface area contributed by atoms with Gasteiger partial charge in [-0.3, -0.25) is 19.2 Å². The highest BCUT2D eigenvalue weighted by Gasteiger charge is 2.38. The highest BCUT2D eigenvalue weighted by molar-refractivity contribution is 6.11. The maximum Gasteiger partial charge on any atom is 0.319 e. The Kier molecular flexibility index (Phi) is 8.83. The van der Waals surface area contributed by atoms with Gasteiger partial charge in [0.15, 0.2) is 0 Å². The zero-order valence-electron chi connectivity index (χ0n) is 20.9. The summed E-state index contributed by atoms with van der Waals surface area (Å²) in [5.74, 6) is -2.99. The van der Waals surface area contributed by atoms with Crippen LogP contribution in [0.15, 0.2) is 48.5 Å². The van der Waals surface area contributed by atoms with E-state index < -0.39 is 48.4 Å². The van der Waals surface area contributed by atoms with Gasteiger partial charge in [-0.05, 0) is 36.6 Å². The molecular formula is C26H31N5O6. The number of hydrogen-bond donors (Lipinski definition) is 5. The SMILES string of the molecule is CC(C)[C@H]1C(=O)Nc2ccc(NC(=O)NCc3ccccc3)cc2C(=O)N1CC(=O)N[C@H](C)CC(=O)O. The summed E-state index contributed by atoms with van der Waals surface area (Å²) in [5, 5.41) is 19.6. The van der Waals surface area contributed by atoms with Crippen LogP contribution in [0.25, 0.3) is 0 Å². The first kappa shape index (κ1) is 27.2. The third kappa shape index (κ3) is 7.29. The van der Waals surface area contributed by atoms with Gasteiger partial charge in [-0.25, -0.2) is 4.79 Å². The number of fused-ring (bicyclic) bond motifs is 1. The van der Waals surface area contributed by atoms with Gasteiger partial charge in [0.2, 0.25) is 11.8 Å². The Labute approximate surface area is 214 Å². The molecule has 3 rings (SSSR count). The Morgan fingerprint density at radius 3 is 2.41 bits per heavy atom. The van der Waals surface area contributed by atoms with Gasteiger partial charge in [0, 0.05) is 18.3 Å². The van der Waals surface area contributed by atoms with Gasteiger partial charge in [0.05, 0.1) is 17.7 Å². The molecule has 5 N–H and O–H groups in total. The molecule has 196 valence electrons. The second-order valence-corrected chi connectivity index (χ2v) is 9.23. The zero-order valence-corrected chi connectivity index (χ0v) is 20.9. The fraction of sp³-hybridized carbons (Fsp3) is 0.346. The molecule has 0 saturated heterocycles. The molecule has 5 amide bonds. The second kappa shape index (κ2) is 12.0. The number of urea groups is 1. The van der Waals surface area contributed by atoms with E-state index in [0.717, 1.165) is 5.56 Å². The van der Waals surface area contributed by atoms with Gasteiger partial charge in [0.25, 0.3) is 5.91 Å². The van der Waals surface area contributed by atoms with Crippen molar-refractivity contribution in [3.63, 3.8) is 0 Å². The summed E-state index contributed by atoms with van der Waals surface area (Å²) in [6.07, 6.45) is -0.280. The first-order chi connectivity index (χ1) is 17.5. The van der Waals surface area contributed by atoms with Crippen molar-refractivity contribution in [1.29, 1.82) is 0 Å². The lowest BCUT2D eigenvalue weighted by Crippen LogP contribution is -2.52. The van der Waals surface area contributed by atoms with Gasteiger partial charge in [0.1, 0.15) is 12.6 Å². The van der Waals surface area contributed by atoms with Crippen LogP contribution in [0.4, 0.5) is 16.2 Å². The molecule has 0 bridgehead atoms. The smallest absolute Gasteiger partial charge is 0.319 e. The maximum atomic E-state index is 13.6. The van der Waals surface area contributed by atoms with E-state index in [4.69, 9.17) is 5.11 Å². The molecule has 0 saturated carbocycles. The highest BCUT2D eigenvalue weighted by Crippen LogP contribution is 2.28. The fourth-order valence-corrected chi connectivity index (χ4v) is 4.11. The molecule has 2 atom stereocenters. The minimum Gasteiger partial charge on any atom is -0.481 e. The normalized spacial score (nSPS) is 15.8. The van der Waals surface area contributed by atoms with Crippen molar-refractivity contribution in [2.45, 2.75) is 45.8 Å². The van der Waals surface area contributed by atoms with Crippen molar-refractivity contribution in [1.82, 2.24) is 15.5 Å². The van der Waals surface area contributed by atoms with Crippen LogP contribution in [0.5, 0.6) is 0 Å². The first-order valence-corrected chi connectivity index (χ1v) is 11.9. The van der Waals surface area contributed by atoms with E-state index in [1.807, 2.05) is 30.3 Å². The average Bonchev–Trinajstić information content (AvgIpc) is 2.92. The van der Waals surface area contributed by atoms with Gasteiger partial charge in [-0.15, -0.1) is 0 Å². The molecule has 0 aliphatic carbocycles. The number of amides is 5. The summed E-state index contributed by atoms with van der Waals surface area (Å²) >= 11 is 0. The van der Waals surface area contributed by atoms with Crippen molar-refractivity contribution >= 4 is 41.1 Å². The third-order valence-electron chi connectivity index (χ3n) is 5.76. The van der Waals surface area contributed by atoms with Crippen LogP contribution in [0, 0.1) is 5.92 Å². The lowest BCUT2D eigenvalue weighted by molar-refractivity contribution is -0.137. The number of benzene rings is 2. The van der Waals surface area contributed by atoms with E-state index in [9.17, 15) is 24.0 Å². The van der Waals surface area contributed by atoms with Crippen molar-refractivity contribution in [2.75, 3.05) is 17.2 Å². The number of hydrogen-bond acceptors (Lipinski definition) is 5. The molecule has 0 unspecified atom stereocenters. The molecule has 0 spiro atoms. The van der Waals surface area contributed by atoms with Crippen molar-refractivity contribution in [2.24, 2.45) is 5.92 Å². The molecule has 1 aliphatic heterocycles. The van der Waals surface area contributed by atoms with Crippen molar-refractivity contribution in [3.8, 4) is 0 Å². The molecule has 0 radical (unpaired) electrons. The molecule has 2 aromatic rings. The number of nitrogens with zero attached hydrogens (tertiary/aromatic N) is 1. The first-order valence-electron chi connectivity index (χ1n) is 11.9. The van der Waals surface area contributed by atoms with E-state index in [2.05, 4.69) is 21.3 Å². The quantitative estimate of drug-likeness (QED) is 0.349. The van der Waals surface area contributed by atoms with E-state index >= 15 is 0 Å². The molecule has 0 fully saturated rings. The third-order valence-corrected chi connectivity index (χ3v) is 5.76. The number of aliphatic carboxylic acids is 1.